The second-order valence-corrected chi connectivity index (χ2v) is 6.88. The lowest BCUT2D eigenvalue weighted by molar-refractivity contribution is -0.111. The van der Waals surface area contributed by atoms with Gasteiger partial charge in [-0.3, -0.25) is 4.79 Å². The summed E-state index contributed by atoms with van der Waals surface area (Å²) >= 11 is 0. The van der Waals surface area contributed by atoms with Crippen molar-refractivity contribution in [2.45, 2.75) is 26.2 Å². The van der Waals surface area contributed by atoms with Gasteiger partial charge in [0.15, 0.2) is 0 Å². The zero-order valence-corrected chi connectivity index (χ0v) is 15.4. The van der Waals surface area contributed by atoms with Crippen molar-refractivity contribution in [2.24, 2.45) is 0 Å². The fourth-order valence-corrected chi connectivity index (χ4v) is 2.56. The van der Waals surface area contributed by atoms with Crippen LogP contribution in [0.2, 0.25) is 0 Å². The molecule has 0 aliphatic carbocycles. The van der Waals surface area contributed by atoms with Gasteiger partial charge < -0.3 is 15.2 Å². The van der Waals surface area contributed by atoms with Gasteiger partial charge in [0, 0.05) is 6.08 Å². The van der Waals surface area contributed by atoms with E-state index in [2.05, 4.69) is 26.1 Å². The summed E-state index contributed by atoms with van der Waals surface area (Å²) in [6.45, 7) is 6.31. The summed E-state index contributed by atoms with van der Waals surface area (Å²) in [5, 5.41) is 11.7. The van der Waals surface area contributed by atoms with Crippen LogP contribution < -0.4 is 10.1 Å². The molecule has 0 aliphatic heterocycles. The van der Waals surface area contributed by atoms with Gasteiger partial charge in [-0.25, -0.2) is 4.79 Å². The molecular weight excluding hydrogens is 330 g/mol. The lowest BCUT2D eigenvalue weighted by atomic mass is 9.86. The Kier molecular flexibility index (Phi) is 5.82. The number of anilines is 1. The molecule has 2 rings (SSSR count). The van der Waals surface area contributed by atoms with Gasteiger partial charge in [0.1, 0.15) is 5.75 Å². The largest absolute Gasteiger partial charge is 0.496 e. The first-order valence-corrected chi connectivity index (χ1v) is 8.22. The number of carbonyl (C=O) groups is 2. The number of carboxylic acid groups (broad SMARTS) is 1. The van der Waals surface area contributed by atoms with E-state index >= 15 is 0 Å². The van der Waals surface area contributed by atoms with Gasteiger partial charge in [-0.05, 0) is 40.8 Å². The van der Waals surface area contributed by atoms with Crippen molar-refractivity contribution in [1.82, 2.24) is 0 Å². The molecule has 0 saturated carbocycles. The maximum Gasteiger partial charge on any atom is 0.337 e. The molecule has 0 aliphatic rings. The molecule has 5 heteroatoms. The maximum atomic E-state index is 12.1. The van der Waals surface area contributed by atoms with E-state index in [1.807, 2.05) is 18.2 Å². The monoisotopic (exact) mass is 353 g/mol. The SMILES string of the molecule is COc1cc(C=CC(=O)Nc2ccccc2C(=O)O)ccc1C(C)(C)C. The summed E-state index contributed by atoms with van der Waals surface area (Å²) in [5.74, 6) is -0.735. The molecule has 26 heavy (non-hydrogen) atoms. The predicted octanol–water partition coefficient (Wildman–Crippen LogP) is 4.34. The van der Waals surface area contributed by atoms with Crippen molar-refractivity contribution in [1.29, 1.82) is 0 Å². The highest BCUT2D eigenvalue weighted by atomic mass is 16.5. The van der Waals surface area contributed by atoms with Crippen LogP contribution in [0, 0.1) is 0 Å². The number of hydrogen-bond donors (Lipinski definition) is 2. The van der Waals surface area contributed by atoms with E-state index in [0.29, 0.717) is 0 Å². The number of carboxylic acids is 1. The van der Waals surface area contributed by atoms with Gasteiger partial charge in [0.05, 0.1) is 18.4 Å². The summed E-state index contributed by atoms with van der Waals surface area (Å²) in [6.07, 6.45) is 3.03. The quantitative estimate of drug-likeness (QED) is 0.784. The number of carbonyl (C=O) groups excluding carboxylic acids is 1. The second-order valence-electron chi connectivity index (χ2n) is 6.88. The van der Waals surface area contributed by atoms with Crippen LogP contribution in [0.5, 0.6) is 5.75 Å². The molecule has 0 saturated heterocycles. The smallest absolute Gasteiger partial charge is 0.337 e. The van der Waals surface area contributed by atoms with Crippen molar-refractivity contribution in [3.63, 3.8) is 0 Å². The Morgan fingerprint density at radius 2 is 1.81 bits per heavy atom. The molecule has 0 radical (unpaired) electrons. The van der Waals surface area contributed by atoms with Gasteiger partial charge in [-0.2, -0.15) is 0 Å². The minimum absolute atomic E-state index is 0.0467. The summed E-state index contributed by atoms with van der Waals surface area (Å²) < 4.78 is 5.46. The van der Waals surface area contributed by atoms with Crippen LogP contribution in [0.25, 0.3) is 6.08 Å². The Morgan fingerprint density at radius 3 is 2.42 bits per heavy atom. The third-order valence-corrected chi connectivity index (χ3v) is 3.88. The average Bonchev–Trinajstić information content (AvgIpc) is 2.59. The van der Waals surface area contributed by atoms with Crippen LogP contribution >= 0.6 is 0 Å². The van der Waals surface area contributed by atoms with E-state index in [1.54, 1.807) is 31.4 Å². The Morgan fingerprint density at radius 1 is 1.12 bits per heavy atom. The molecule has 0 atom stereocenters. The lowest BCUT2D eigenvalue weighted by Gasteiger charge is -2.22. The van der Waals surface area contributed by atoms with Crippen LogP contribution in [-0.2, 0) is 10.2 Å². The Bertz CT molecular complexity index is 847. The topological polar surface area (TPSA) is 75.6 Å². The average molecular weight is 353 g/mol. The highest BCUT2D eigenvalue weighted by Gasteiger charge is 2.18. The number of methoxy groups -OCH3 is 1. The number of ether oxygens (including phenoxy) is 1. The molecule has 2 aromatic carbocycles. The first-order valence-electron chi connectivity index (χ1n) is 8.22. The Balaban J connectivity index is 2.17. The predicted molar refractivity (Wildman–Crippen MR) is 103 cm³/mol. The van der Waals surface area contributed by atoms with Crippen molar-refractivity contribution in [2.75, 3.05) is 12.4 Å². The summed E-state index contributed by atoms with van der Waals surface area (Å²) in [5.41, 5.74) is 2.15. The van der Waals surface area contributed by atoms with Crippen molar-refractivity contribution >= 4 is 23.6 Å². The van der Waals surface area contributed by atoms with E-state index in [4.69, 9.17) is 9.84 Å². The number of hydrogen-bond acceptors (Lipinski definition) is 3. The number of benzene rings is 2. The molecule has 2 N–H and O–H groups in total. The first kappa shape index (κ1) is 19.2. The van der Waals surface area contributed by atoms with Crippen molar-refractivity contribution in [3.05, 3.63) is 65.2 Å². The maximum absolute atomic E-state index is 12.1. The number of para-hydroxylation sites is 1. The molecule has 0 aromatic heterocycles. The lowest BCUT2D eigenvalue weighted by Crippen LogP contribution is -2.13. The molecule has 2 aromatic rings. The summed E-state index contributed by atoms with van der Waals surface area (Å²) in [7, 11) is 1.62. The van der Waals surface area contributed by atoms with Gasteiger partial charge in [0.2, 0.25) is 5.91 Å². The van der Waals surface area contributed by atoms with Crippen LogP contribution in [0.3, 0.4) is 0 Å². The second kappa shape index (κ2) is 7.87. The van der Waals surface area contributed by atoms with Crippen LogP contribution in [-0.4, -0.2) is 24.1 Å². The normalized spacial score (nSPS) is 11.4. The molecule has 1 amide bonds. The highest BCUT2D eigenvalue weighted by molar-refractivity contribution is 6.06. The standard InChI is InChI=1S/C21H23NO4/c1-21(2,3)16-11-9-14(13-18(16)26-4)10-12-19(23)22-17-8-6-5-7-15(17)20(24)25/h5-13H,1-4H3,(H,22,23)(H,24,25). The molecule has 5 nitrogen and oxygen atoms in total. The molecule has 136 valence electrons. The summed E-state index contributed by atoms with van der Waals surface area (Å²) in [6, 6.07) is 12.0. The van der Waals surface area contributed by atoms with Crippen LogP contribution in [0.1, 0.15) is 42.3 Å². The minimum Gasteiger partial charge on any atom is -0.496 e. The summed E-state index contributed by atoms with van der Waals surface area (Å²) in [4.78, 5) is 23.3. The molecule has 0 fully saturated rings. The van der Waals surface area contributed by atoms with Crippen molar-refractivity contribution in [3.8, 4) is 5.75 Å². The minimum atomic E-state index is -1.09. The number of nitrogens with one attached hydrogen (secondary N) is 1. The van der Waals surface area contributed by atoms with Gasteiger partial charge in [0.25, 0.3) is 0 Å². The fourth-order valence-electron chi connectivity index (χ4n) is 2.56. The van der Waals surface area contributed by atoms with E-state index in [9.17, 15) is 9.59 Å². The van der Waals surface area contributed by atoms with E-state index in [-0.39, 0.29) is 16.7 Å². The fraction of sp³-hybridized carbons (Fsp3) is 0.238. The number of amides is 1. The van der Waals surface area contributed by atoms with E-state index in [0.717, 1.165) is 16.9 Å². The molecular formula is C21H23NO4. The molecule has 0 unspecified atom stereocenters. The molecule has 0 bridgehead atoms. The van der Waals surface area contributed by atoms with E-state index < -0.39 is 11.9 Å². The zero-order chi connectivity index (χ0) is 19.3. The highest BCUT2D eigenvalue weighted by Crippen LogP contribution is 2.32. The van der Waals surface area contributed by atoms with Crippen LogP contribution in [0.15, 0.2) is 48.5 Å². The Hall–Kier alpha value is -3.08. The first-order chi connectivity index (χ1) is 12.2. The van der Waals surface area contributed by atoms with Gasteiger partial charge >= 0.3 is 5.97 Å². The Labute approximate surface area is 153 Å². The third-order valence-electron chi connectivity index (χ3n) is 3.88. The van der Waals surface area contributed by atoms with Gasteiger partial charge in [-0.1, -0.05) is 45.0 Å². The molecule has 0 spiro atoms. The van der Waals surface area contributed by atoms with Crippen molar-refractivity contribution < 1.29 is 19.4 Å². The van der Waals surface area contributed by atoms with Crippen LogP contribution in [0.4, 0.5) is 5.69 Å². The number of aromatic carboxylic acids is 1. The zero-order valence-electron chi connectivity index (χ0n) is 15.4. The number of rotatable bonds is 5. The molecule has 0 heterocycles. The van der Waals surface area contributed by atoms with Gasteiger partial charge in [-0.15, -0.1) is 0 Å². The third kappa shape index (κ3) is 4.72. The van der Waals surface area contributed by atoms with E-state index in [1.165, 1.54) is 12.1 Å².